The molecule has 2 aliphatic rings. The van der Waals surface area contributed by atoms with Crippen molar-refractivity contribution in [1.29, 1.82) is 5.41 Å². The van der Waals surface area contributed by atoms with Crippen LogP contribution in [0.15, 0.2) is 42.5 Å². The van der Waals surface area contributed by atoms with Crippen LogP contribution in [0.3, 0.4) is 0 Å². The average molecular weight is 477 g/mol. The van der Waals surface area contributed by atoms with Crippen LogP contribution in [0, 0.1) is 5.41 Å². The molecule has 1 fully saturated rings. The number of anilines is 1. The fourth-order valence-corrected chi connectivity index (χ4v) is 5.07. The van der Waals surface area contributed by atoms with Crippen molar-refractivity contribution in [3.8, 4) is 5.75 Å². The minimum absolute atomic E-state index is 0.156. The fraction of sp³-hybridized carbons (Fsp3) is 0.517. The van der Waals surface area contributed by atoms with Crippen LogP contribution in [-0.2, 0) is 17.8 Å². The van der Waals surface area contributed by atoms with Crippen LogP contribution in [0.2, 0.25) is 0 Å². The zero-order chi connectivity index (χ0) is 24.8. The second kappa shape index (κ2) is 11.7. The van der Waals surface area contributed by atoms with Crippen molar-refractivity contribution in [1.82, 2.24) is 9.80 Å². The fourth-order valence-electron chi connectivity index (χ4n) is 5.07. The summed E-state index contributed by atoms with van der Waals surface area (Å²) in [5.74, 6) is 1.15. The summed E-state index contributed by atoms with van der Waals surface area (Å²) in [5, 5.41) is 8.66. The first-order valence-electron chi connectivity index (χ1n) is 13.1. The number of hydrogen-bond donors (Lipinski definition) is 1. The number of rotatable bonds is 9. The Morgan fingerprint density at radius 1 is 1.03 bits per heavy atom. The van der Waals surface area contributed by atoms with Crippen molar-refractivity contribution in [2.24, 2.45) is 0 Å². The summed E-state index contributed by atoms with van der Waals surface area (Å²) in [6.45, 7) is 12.0. The molecule has 1 atom stereocenters. The van der Waals surface area contributed by atoms with Gasteiger partial charge in [-0.3, -0.25) is 9.69 Å². The summed E-state index contributed by atoms with van der Waals surface area (Å²) in [5.41, 5.74) is 5.65. The standard InChI is InChI=1S/C29H40N4O2/c1-4-5-18-35-28-11-8-26-21-33(13-12-25(26)20-28)27-9-6-24(7-10-27)29(30)19-22(2)31-14-16-32(17-15-31)23(3)34/h6-11,20,22,30H,4-5,12-19,21H2,1-3H3. The van der Waals surface area contributed by atoms with E-state index >= 15 is 0 Å². The molecule has 0 spiro atoms. The molecule has 2 aliphatic heterocycles. The number of amides is 1. The van der Waals surface area contributed by atoms with Gasteiger partial charge in [-0.05, 0) is 60.7 Å². The molecule has 6 heteroatoms. The van der Waals surface area contributed by atoms with E-state index in [4.69, 9.17) is 10.1 Å². The van der Waals surface area contributed by atoms with Crippen molar-refractivity contribution >= 4 is 17.3 Å². The van der Waals surface area contributed by atoms with Gasteiger partial charge < -0.3 is 19.9 Å². The van der Waals surface area contributed by atoms with Crippen molar-refractivity contribution in [2.75, 3.05) is 44.2 Å². The lowest BCUT2D eigenvalue weighted by atomic mass is 9.98. The molecule has 0 aliphatic carbocycles. The molecule has 188 valence electrons. The maximum atomic E-state index is 11.6. The highest BCUT2D eigenvalue weighted by atomic mass is 16.5. The normalized spacial score (nSPS) is 17.1. The molecular weight excluding hydrogens is 436 g/mol. The monoisotopic (exact) mass is 476 g/mol. The van der Waals surface area contributed by atoms with E-state index in [1.807, 2.05) is 4.90 Å². The molecule has 0 aromatic heterocycles. The van der Waals surface area contributed by atoms with E-state index in [1.165, 1.54) is 16.8 Å². The molecule has 1 N–H and O–H groups in total. The SMILES string of the molecule is CCCCOc1ccc2c(c1)CCN(c1ccc(C(=N)CC(C)N3CCN(C(C)=O)CC3)cc1)C2. The highest BCUT2D eigenvalue weighted by Crippen LogP contribution is 2.28. The lowest BCUT2D eigenvalue weighted by molar-refractivity contribution is -0.130. The second-order valence-corrected chi connectivity index (χ2v) is 9.92. The third-order valence-electron chi connectivity index (χ3n) is 7.42. The quantitative estimate of drug-likeness (QED) is 0.420. The lowest BCUT2D eigenvalue weighted by Gasteiger charge is -2.37. The number of unbranched alkanes of at least 4 members (excludes halogenated alkanes) is 1. The molecule has 6 nitrogen and oxygen atoms in total. The Morgan fingerprint density at radius 2 is 1.77 bits per heavy atom. The summed E-state index contributed by atoms with van der Waals surface area (Å²) in [4.78, 5) is 18.3. The number of nitrogens with zero attached hydrogens (tertiary/aromatic N) is 3. The number of benzene rings is 2. The van der Waals surface area contributed by atoms with Gasteiger partial charge in [-0.1, -0.05) is 31.5 Å². The average Bonchev–Trinajstić information content (AvgIpc) is 2.88. The Kier molecular flexibility index (Phi) is 8.45. The number of piperazine rings is 1. The zero-order valence-corrected chi connectivity index (χ0v) is 21.6. The molecule has 1 saturated heterocycles. The number of hydrogen-bond acceptors (Lipinski definition) is 5. The van der Waals surface area contributed by atoms with Crippen molar-refractivity contribution < 1.29 is 9.53 Å². The Labute approximate surface area is 210 Å². The van der Waals surface area contributed by atoms with E-state index in [0.717, 1.165) is 82.9 Å². The molecule has 1 amide bonds. The summed E-state index contributed by atoms with van der Waals surface area (Å²) >= 11 is 0. The van der Waals surface area contributed by atoms with E-state index in [9.17, 15) is 4.79 Å². The molecule has 2 aromatic rings. The third kappa shape index (κ3) is 6.43. The summed E-state index contributed by atoms with van der Waals surface area (Å²) in [7, 11) is 0. The van der Waals surface area contributed by atoms with Crippen LogP contribution in [0.4, 0.5) is 5.69 Å². The number of nitrogens with one attached hydrogen (secondary N) is 1. The zero-order valence-electron chi connectivity index (χ0n) is 21.6. The van der Waals surface area contributed by atoms with Crippen LogP contribution in [-0.4, -0.2) is 66.8 Å². The van der Waals surface area contributed by atoms with Crippen LogP contribution in [0.1, 0.15) is 56.7 Å². The van der Waals surface area contributed by atoms with Gasteiger partial charge in [0.05, 0.1) is 6.61 Å². The summed E-state index contributed by atoms with van der Waals surface area (Å²) in [6, 6.07) is 15.3. The Hall–Kier alpha value is -2.86. The third-order valence-corrected chi connectivity index (χ3v) is 7.42. The van der Waals surface area contributed by atoms with E-state index < -0.39 is 0 Å². The first-order valence-corrected chi connectivity index (χ1v) is 13.1. The maximum absolute atomic E-state index is 11.6. The molecule has 2 heterocycles. The van der Waals surface area contributed by atoms with Crippen LogP contribution < -0.4 is 9.64 Å². The molecular formula is C29H40N4O2. The van der Waals surface area contributed by atoms with Gasteiger partial charge in [0, 0.05) is 70.1 Å². The minimum atomic E-state index is 0.156. The van der Waals surface area contributed by atoms with Gasteiger partial charge in [0.15, 0.2) is 0 Å². The van der Waals surface area contributed by atoms with E-state index in [2.05, 4.69) is 66.1 Å². The van der Waals surface area contributed by atoms with E-state index in [0.29, 0.717) is 11.8 Å². The molecule has 0 radical (unpaired) electrons. The van der Waals surface area contributed by atoms with Crippen molar-refractivity contribution in [3.63, 3.8) is 0 Å². The first kappa shape index (κ1) is 25.2. The lowest BCUT2D eigenvalue weighted by Crippen LogP contribution is -2.51. The van der Waals surface area contributed by atoms with Gasteiger partial charge in [0.25, 0.3) is 0 Å². The Bertz CT molecular complexity index is 1010. The highest BCUT2D eigenvalue weighted by Gasteiger charge is 2.23. The van der Waals surface area contributed by atoms with Gasteiger partial charge in [-0.25, -0.2) is 0 Å². The second-order valence-electron chi connectivity index (χ2n) is 9.92. The molecule has 2 aromatic carbocycles. The maximum Gasteiger partial charge on any atom is 0.219 e. The molecule has 0 saturated carbocycles. The summed E-state index contributed by atoms with van der Waals surface area (Å²) in [6.07, 6.45) is 3.98. The van der Waals surface area contributed by atoms with Crippen LogP contribution >= 0.6 is 0 Å². The van der Waals surface area contributed by atoms with Crippen LogP contribution in [0.5, 0.6) is 5.75 Å². The van der Waals surface area contributed by atoms with Gasteiger partial charge in [-0.2, -0.15) is 0 Å². The minimum Gasteiger partial charge on any atom is -0.494 e. The van der Waals surface area contributed by atoms with E-state index in [1.54, 1.807) is 6.92 Å². The first-order chi connectivity index (χ1) is 16.9. The highest BCUT2D eigenvalue weighted by molar-refractivity contribution is 5.98. The number of ether oxygens (including phenoxy) is 1. The molecule has 4 rings (SSSR count). The predicted molar refractivity (Wildman–Crippen MR) is 143 cm³/mol. The smallest absolute Gasteiger partial charge is 0.219 e. The van der Waals surface area contributed by atoms with Crippen LogP contribution in [0.25, 0.3) is 0 Å². The van der Waals surface area contributed by atoms with Crippen molar-refractivity contribution in [2.45, 2.75) is 59.0 Å². The predicted octanol–water partition coefficient (Wildman–Crippen LogP) is 4.74. The molecule has 35 heavy (non-hydrogen) atoms. The number of carbonyl (C=O) groups excluding carboxylic acids is 1. The number of fused-ring (bicyclic) bond motifs is 1. The van der Waals surface area contributed by atoms with E-state index in [-0.39, 0.29) is 5.91 Å². The van der Waals surface area contributed by atoms with Gasteiger partial charge in [0.1, 0.15) is 5.75 Å². The summed E-state index contributed by atoms with van der Waals surface area (Å²) < 4.78 is 5.89. The number of carbonyl (C=O) groups is 1. The van der Waals surface area contributed by atoms with Gasteiger partial charge >= 0.3 is 0 Å². The topological polar surface area (TPSA) is 59.9 Å². The van der Waals surface area contributed by atoms with Crippen molar-refractivity contribution in [3.05, 3.63) is 59.2 Å². The van der Waals surface area contributed by atoms with Gasteiger partial charge in [0.2, 0.25) is 5.91 Å². The molecule has 0 bridgehead atoms. The Morgan fingerprint density at radius 3 is 2.46 bits per heavy atom. The molecule has 1 unspecified atom stereocenters. The Balaban J connectivity index is 1.30. The largest absolute Gasteiger partial charge is 0.494 e. The van der Waals surface area contributed by atoms with Gasteiger partial charge in [-0.15, -0.1) is 0 Å².